The fourth-order valence-electron chi connectivity index (χ4n) is 4.65. The van der Waals surface area contributed by atoms with Crippen LogP contribution in [0.5, 0.6) is 5.75 Å². The normalized spacial score (nSPS) is 22.3. The van der Waals surface area contributed by atoms with Gasteiger partial charge in [0.15, 0.2) is 0 Å². The van der Waals surface area contributed by atoms with Gasteiger partial charge in [0.1, 0.15) is 17.9 Å². The van der Waals surface area contributed by atoms with E-state index in [1.165, 1.54) is 17.5 Å². The van der Waals surface area contributed by atoms with Crippen molar-refractivity contribution in [1.82, 2.24) is 10.2 Å². The van der Waals surface area contributed by atoms with Crippen LogP contribution in [0.4, 0.5) is 0 Å². The fraction of sp³-hybridized carbons (Fsp3) is 0.600. The molecule has 7 nitrogen and oxygen atoms in total. The number of hydrogen-bond donors (Lipinski definition) is 4. The highest BCUT2D eigenvalue weighted by molar-refractivity contribution is 7.98. The smallest absolute Gasteiger partial charge is 0.326 e. The van der Waals surface area contributed by atoms with Gasteiger partial charge in [0.25, 0.3) is 0 Å². The third-order valence-electron chi connectivity index (χ3n) is 6.47. The van der Waals surface area contributed by atoms with Crippen molar-refractivity contribution in [3.8, 4) is 5.75 Å². The summed E-state index contributed by atoms with van der Waals surface area (Å²) in [6.07, 6.45) is 11.0. The number of aliphatic carboxylic acids is 1. The van der Waals surface area contributed by atoms with Gasteiger partial charge >= 0.3 is 5.97 Å². The number of fused-ring (bicyclic) bond motifs is 1. The van der Waals surface area contributed by atoms with Gasteiger partial charge in [-0.05, 0) is 61.3 Å². The molecule has 0 radical (unpaired) electrons. The van der Waals surface area contributed by atoms with E-state index in [4.69, 9.17) is 10.5 Å². The molecule has 1 fully saturated rings. The standard InChI is InChI=1S/C25H37N3O4S2/c1-34-13-11-21(25(30)31)27-24(29)22-14-19(15-28(22)12-5-8-18(26)16-33)32-23-10-4-7-17-6-2-3-9-20(17)23/h4-5,7-8,10,18-19,21-22,33H,2-3,6,9,11-16,26H2,1H3,(H,27,29)(H,30,31)/b8-5+/t18-,19+,21+,22+/m1/s1. The Morgan fingerprint density at radius 3 is 2.91 bits per heavy atom. The van der Waals surface area contributed by atoms with E-state index in [0.29, 0.717) is 37.4 Å². The number of thioether (sulfide) groups is 1. The van der Waals surface area contributed by atoms with Crippen molar-refractivity contribution < 1.29 is 19.4 Å². The molecular weight excluding hydrogens is 470 g/mol. The van der Waals surface area contributed by atoms with Crippen LogP contribution in [-0.4, -0.2) is 77.0 Å². The first-order valence-electron chi connectivity index (χ1n) is 12.0. The molecule has 0 unspecified atom stereocenters. The number of thiol groups is 1. The Balaban J connectivity index is 1.72. The maximum absolute atomic E-state index is 13.2. The summed E-state index contributed by atoms with van der Waals surface area (Å²) < 4.78 is 6.45. The van der Waals surface area contributed by atoms with E-state index in [-0.39, 0.29) is 18.1 Å². The van der Waals surface area contributed by atoms with Crippen LogP contribution in [-0.2, 0) is 22.4 Å². The topological polar surface area (TPSA) is 105 Å². The van der Waals surface area contributed by atoms with Gasteiger partial charge in [0.2, 0.25) is 5.91 Å². The van der Waals surface area contributed by atoms with Gasteiger partial charge in [-0.2, -0.15) is 24.4 Å². The molecule has 0 saturated carbocycles. The zero-order chi connectivity index (χ0) is 24.5. The predicted molar refractivity (Wildman–Crippen MR) is 141 cm³/mol. The Morgan fingerprint density at radius 1 is 1.38 bits per heavy atom. The quantitative estimate of drug-likeness (QED) is 0.255. The van der Waals surface area contributed by atoms with Crippen LogP contribution in [0.3, 0.4) is 0 Å². The summed E-state index contributed by atoms with van der Waals surface area (Å²) in [5.74, 6) is 0.859. The number of nitrogens with two attached hydrogens (primary N) is 1. The van der Waals surface area contributed by atoms with E-state index < -0.39 is 18.1 Å². The molecule has 4 atom stereocenters. The van der Waals surface area contributed by atoms with Crippen LogP contribution >= 0.6 is 24.4 Å². The Morgan fingerprint density at radius 2 is 2.18 bits per heavy atom. The number of rotatable bonds is 12. The van der Waals surface area contributed by atoms with Crippen molar-refractivity contribution in [2.45, 2.75) is 62.8 Å². The third-order valence-corrected chi connectivity index (χ3v) is 7.54. The van der Waals surface area contributed by atoms with Crippen LogP contribution in [0.15, 0.2) is 30.4 Å². The molecule has 1 amide bonds. The third kappa shape index (κ3) is 7.41. The highest BCUT2D eigenvalue weighted by atomic mass is 32.2. The molecule has 1 aromatic carbocycles. The molecule has 1 aromatic rings. The van der Waals surface area contributed by atoms with Crippen molar-refractivity contribution in [3.63, 3.8) is 0 Å². The number of benzene rings is 1. The molecule has 188 valence electrons. The lowest BCUT2D eigenvalue weighted by molar-refractivity contribution is -0.142. The lowest BCUT2D eigenvalue weighted by Crippen LogP contribution is -2.49. The minimum atomic E-state index is -1.00. The molecule has 1 saturated heterocycles. The van der Waals surface area contributed by atoms with E-state index in [0.717, 1.165) is 25.0 Å². The number of ether oxygens (including phenoxy) is 1. The second kappa shape index (κ2) is 13.4. The molecular formula is C25H37N3O4S2. The number of hydrogen-bond acceptors (Lipinski definition) is 7. The van der Waals surface area contributed by atoms with E-state index in [1.54, 1.807) is 11.8 Å². The number of nitrogens with zero attached hydrogens (tertiary/aromatic N) is 1. The van der Waals surface area contributed by atoms with Crippen molar-refractivity contribution in [2.24, 2.45) is 5.73 Å². The Hall–Kier alpha value is -1.68. The van der Waals surface area contributed by atoms with Crippen molar-refractivity contribution >= 4 is 36.3 Å². The van der Waals surface area contributed by atoms with Gasteiger partial charge in [-0.1, -0.05) is 24.3 Å². The molecule has 1 aliphatic carbocycles. The average Bonchev–Trinajstić information content (AvgIpc) is 3.24. The van der Waals surface area contributed by atoms with Crippen LogP contribution < -0.4 is 15.8 Å². The molecule has 1 heterocycles. The highest BCUT2D eigenvalue weighted by Gasteiger charge is 2.39. The monoisotopic (exact) mass is 507 g/mol. The number of carboxylic acid groups (broad SMARTS) is 1. The number of amides is 1. The van der Waals surface area contributed by atoms with Crippen LogP contribution in [0, 0.1) is 0 Å². The first-order valence-corrected chi connectivity index (χ1v) is 14.0. The maximum atomic E-state index is 13.2. The largest absolute Gasteiger partial charge is 0.489 e. The van der Waals surface area contributed by atoms with E-state index in [1.807, 2.05) is 35.4 Å². The average molecular weight is 508 g/mol. The lowest BCUT2D eigenvalue weighted by atomic mass is 9.91. The first-order chi connectivity index (χ1) is 16.4. The molecule has 1 aliphatic heterocycles. The molecule has 0 aromatic heterocycles. The number of carbonyl (C=O) groups excluding carboxylic acids is 1. The van der Waals surface area contributed by atoms with E-state index in [9.17, 15) is 14.7 Å². The summed E-state index contributed by atoms with van der Waals surface area (Å²) in [7, 11) is 0. The molecule has 0 bridgehead atoms. The molecule has 0 spiro atoms. The summed E-state index contributed by atoms with van der Waals surface area (Å²) in [4.78, 5) is 26.9. The molecule has 9 heteroatoms. The van der Waals surface area contributed by atoms with Crippen LogP contribution in [0.2, 0.25) is 0 Å². The zero-order valence-electron chi connectivity index (χ0n) is 19.8. The van der Waals surface area contributed by atoms with E-state index in [2.05, 4.69) is 24.0 Å². The predicted octanol–water partition coefficient (Wildman–Crippen LogP) is 2.52. The van der Waals surface area contributed by atoms with Crippen molar-refractivity contribution in [3.05, 3.63) is 41.5 Å². The van der Waals surface area contributed by atoms with E-state index >= 15 is 0 Å². The number of nitrogens with one attached hydrogen (secondary N) is 1. The number of carboxylic acids is 1. The summed E-state index contributed by atoms with van der Waals surface area (Å²) in [6, 6.07) is 4.74. The lowest BCUT2D eigenvalue weighted by Gasteiger charge is -2.24. The zero-order valence-corrected chi connectivity index (χ0v) is 21.5. The second-order valence-electron chi connectivity index (χ2n) is 9.00. The second-order valence-corrected chi connectivity index (χ2v) is 10.4. The van der Waals surface area contributed by atoms with Gasteiger partial charge in [0, 0.05) is 31.3 Å². The highest BCUT2D eigenvalue weighted by Crippen LogP contribution is 2.32. The van der Waals surface area contributed by atoms with Gasteiger partial charge in [-0.3, -0.25) is 9.69 Å². The maximum Gasteiger partial charge on any atom is 0.326 e. The fourth-order valence-corrected chi connectivity index (χ4v) is 5.24. The van der Waals surface area contributed by atoms with Gasteiger partial charge in [-0.15, -0.1) is 0 Å². The minimum Gasteiger partial charge on any atom is -0.489 e. The molecule has 3 rings (SSSR count). The van der Waals surface area contributed by atoms with Gasteiger partial charge in [-0.25, -0.2) is 4.79 Å². The summed E-state index contributed by atoms with van der Waals surface area (Å²) in [5, 5.41) is 12.3. The number of aryl methyl sites for hydroxylation is 1. The van der Waals surface area contributed by atoms with Gasteiger partial charge < -0.3 is 20.9 Å². The number of likely N-dealkylation sites (tertiary alicyclic amines) is 1. The van der Waals surface area contributed by atoms with Crippen molar-refractivity contribution in [1.29, 1.82) is 0 Å². The Labute approximate surface area is 212 Å². The first kappa shape index (κ1) is 26.9. The van der Waals surface area contributed by atoms with Gasteiger partial charge in [0.05, 0.1) is 6.04 Å². The molecule has 4 N–H and O–H groups in total. The van der Waals surface area contributed by atoms with Crippen molar-refractivity contribution in [2.75, 3.05) is 30.9 Å². The molecule has 2 aliphatic rings. The van der Waals surface area contributed by atoms with Crippen LogP contribution in [0.25, 0.3) is 0 Å². The number of carbonyl (C=O) groups is 2. The molecule has 34 heavy (non-hydrogen) atoms. The summed E-state index contributed by atoms with van der Waals surface area (Å²) in [5.41, 5.74) is 8.58. The Kier molecular flexibility index (Phi) is 10.6. The Bertz CT molecular complexity index is 867. The minimum absolute atomic E-state index is 0.148. The van der Waals surface area contributed by atoms with Crippen LogP contribution in [0.1, 0.15) is 36.8 Å². The SMILES string of the molecule is CSCC[C@H](NC(=O)[C@@H]1C[C@H](Oc2cccc3c2CCCC3)CN1C/C=C/[C@@H](N)CS)C(=O)O. The summed E-state index contributed by atoms with van der Waals surface area (Å²) >= 11 is 5.78. The summed E-state index contributed by atoms with van der Waals surface area (Å²) in [6.45, 7) is 1.12.